The van der Waals surface area contributed by atoms with Crippen molar-refractivity contribution in [2.75, 3.05) is 6.54 Å². The van der Waals surface area contributed by atoms with Crippen molar-refractivity contribution in [3.05, 3.63) is 35.9 Å². The molecule has 2 heterocycles. The van der Waals surface area contributed by atoms with Crippen molar-refractivity contribution in [3.63, 3.8) is 0 Å². The SMILES string of the molecule is CC1(C)[C@@H]2CC[C@@]1([C@@H]1[C@@H]3CC[C@@H](C3)[S+]1C1CCC(=O)C1C1CCCCN1C(=O)OCc1ccccc1)C(=O)C2. The van der Waals surface area contributed by atoms with Crippen LogP contribution in [0.1, 0.15) is 90.0 Å². The Labute approximate surface area is 236 Å². The number of ether oxygens (including phenoxy) is 1. The van der Waals surface area contributed by atoms with Crippen LogP contribution >= 0.6 is 0 Å². The van der Waals surface area contributed by atoms with Gasteiger partial charge in [-0.3, -0.25) is 9.59 Å². The highest BCUT2D eigenvalue weighted by Gasteiger charge is 2.77. The van der Waals surface area contributed by atoms with Gasteiger partial charge in [-0.05, 0) is 72.7 Å². The summed E-state index contributed by atoms with van der Waals surface area (Å²) < 4.78 is 5.82. The number of piperidine rings is 1. The first-order valence-corrected chi connectivity index (χ1v) is 17.0. The number of hydrogen-bond donors (Lipinski definition) is 0. The summed E-state index contributed by atoms with van der Waals surface area (Å²) in [5.74, 6) is 1.99. The molecule has 39 heavy (non-hydrogen) atoms. The second-order valence-electron chi connectivity index (χ2n) is 13.9. The van der Waals surface area contributed by atoms with Crippen molar-refractivity contribution < 1.29 is 19.1 Å². The molecule has 5 nitrogen and oxygen atoms in total. The average Bonchev–Trinajstić information content (AvgIpc) is 3.73. The Bertz CT molecular complexity index is 1150. The molecule has 4 bridgehead atoms. The molecule has 6 heteroatoms. The summed E-state index contributed by atoms with van der Waals surface area (Å²) >= 11 is 0. The van der Waals surface area contributed by atoms with Gasteiger partial charge in [0, 0.05) is 44.2 Å². The lowest BCUT2D eigenvalue weighted by molar-refractivity contribution is -0.130. The van der Waals surface area contributed by atoms with E-state index in [9.17, 15) is 14.4 Å². The molecule has 0 N–H and O–H groups in total. The maximum Gasteiger partial charge on any atom is 0.410 e. The third-order valence-corrected chi connectivity index (χ3v) is 16.0. The van der Waals surface area contributed by atoms with Gasteiger partial charge in [0.1, 0.15) is 33.9 Å². The van der Waals surface area contributed by atoms with Crippen LogP contribution in [-0.2, 0) is 31.8 Å². The summed E-state index contributed by atoms with van der Waals surface area (Å²) in [4.78, 5) is 43.0. The van der Waals surface area contributed by atoms with Crippen molar-refractivity contribution in [3.8, 4) is 0 Å². The van der Waals surface area contributed by atoms with Crippen LogP contribution in [-0.4, -0.2) is 50.9 Å². The van der Waals surface area contributed by atoms with Crippen molar-refractivity contribution in [2.45, 2.75) is 113 Å². The highest BCUT2D eigenvalue weighted by molar-refractivity contribution is 7.99. The predicted molar refractivity (Wildman–Crippen MR) is 153 cm³/mol. The first-order valence-electron chi connectivity index (χ1n) is 15.6. The highest BCUT2D eigenvalue weighted by atomic mass is 32.2. The number of benzene rings is 1. The van der Waals surface area contributed by atoms with E-state index in [0.29, 0.717) is 52.1 Å². The van der Waals surface area contributed by atoms with Crippen LogP contribution in [0.25, 0.3) is 0 Å². The standard InChI is InChI=1S/C33H44NO4S/c1-32(2)23-15-16-33(32,28(36)19-23)30-22-11-12-24(18-22)39(30)27-14-13-26(35)29(27)25-10-6-7-17-34(25)31(37)38-20-21-8-4-3-5-9-21/h3-5,8-9,22-25,27,29-30H,6-7,10-20H2,1-2H3/q+1/t22-,23-,24+,25?,27?,29?,30+,33+,39?/m1/s1. The lowest BCUT2D eigenvalue weighted by Gasteiger charge is -2.46. The summed E-state index contributed by atoms with van der Waals surface area (Å²) in [6, 6.07) is 9.79. The summed E-state index contributed by atoms with van der Waals surface area (Å²) in [5, 5.41) is 1.44. The first kappa shape index (κ1) is 26.1. The molecule has 2 aliphatic heterocycles. The number of carbonyl (C=O) groups excluding carboxylic acids is 3. The van der Waals surface area contributed by atoms with E-state index >= 15 is 0 Å². The molecular formula is C33H44NO4S+. The number of likely N-dealkylation sites (tertiary alicyclic amines) is 1. The molecule has 4 unspecified atom stereocenters. The minimum absolute atomic E-state index is 0.0598. The Kier molecular flexibility index (Phi) is 6.45. The molecule has 210 valence electrons. The summed E-state index contributed by atoms with van der Waals surface area (Å²) in [7, 11) is 0.0674. The average molecular weight is 551 g/mol. The molecule has 1 aromatic carbocycles. The van der Waals surface area contributed by atoms with Crippen molar-refractivity contribution in [1.82, 2.24) is 4.90 Å². The number of fused-ring (bicyclic) bond motifs is 4. The fourth-order valence-corrected chi connectivity index (χ4v) is 15.3. The molecule has 4 aliphatic carbocycles. The van der Waals surface area contributed by atoms with E-state index in [2.05, 4.69) is 13.8 Å². The van der Waals surface area contributed by atoms with Crippen molar-refractivity contribution in [2.24, 2.45) is 28.6 Å². The molecule has 2 saturated heterocycles. The van der Waals surface area contributed by atoms with Gasteiger partial charge in [0.25, 0.3) is 0 Å². The van der Waals surface area contributed by atoms with Gasteiger partial charge >= 0.3 is 6.09 Å². The zero-order chi connectivity index (χ0) is 26.9. The fourth-order valence-electron chi connectivity index (χ4n) is 10.3. The number of rotatable bonds is 5. The minimum atomic E-state index is -0.265. The number of nitrogens with zero attached hydrogens (tertiary/aromatic N) is 1. The Morgan fingerprint density at radius 3 is 2.62 bits per heavy atom. The Morgan fingerprint density at radius 2 is 1.87 bits per heavy atom. The van der Waals surface area contributed by atoms with Gasteiger partial charge in [0.2, 0.25) is 0 Å². The van der Waals surface area contributed by atoms with Gasteiger partial charge in [-0.25, -0.2) is 4.79 Å². The zero-order valence-corrected chi connectivity index (χ0v) is 24.4. The molecule has 7 rings (SSSR count). The smallest absolute Gasteiger partial charge is 0.410 e. The van der Waals surface area contributed by atoms with Crippen LogP contribution in [0.5, 0.6) is 0 Å². The van der Waals surface area contributed by atoms with Gasteiger partial charge in [0.15, 0.2) is 0 Å². The van der Waals surface area contributed by atoms with Gasteiger partial charge < -0.3 is 9.64 Å². The van der Waals surface area contributed by atoms with E-state index in [-0.39, 0.29) is 46.4 Å². The molecule has 1 aromatic rings. The van der Waals surface area contributed by atoms with Gasteiger partial charge in [-0.15, -0.1) is 0 Å². The molecule has 0 spiro atoms. The molecule has 6 aliphatic rings. The minimum Gasteiger partial charge on any atom is -0.445 e. The molecule has 6 fully saturated rings. The molecule has 4 saturated carbocycles. The van der Waals surface area contributed by atoms with Crippen LogP contribution in [0.3, 0.4) is 0 Å². The van der Waals surface area contributed by atoms with Gasteiger partial charge in [-0.2, -0.15) is 0 Å². The van der Waals surface area contributed by atoms with E-state index < -0.39 is 0 Å². The van der Waals surface area contributed by atoms with Crippen LogP contribution in [0.15, 0.2) is 30.3 Å². The Morgan fingerprint density at radius 1 is 1.05 bits per heavy atom. The van der Waals surface area contributed by atoms with E-state index in [4.69, 9.17) is 4.74 Å². The Hall–Kier alpha value is -1.82. The van der Waals surface area contributed by atoms with E-state index in [0.717, 1.165) is 44.1 Å². The van der Waals surface area contributed by atoms with Crippen molar-refractivity contribution in [1.29, 1.82) is 0 Å². The second kappa shape index (κ2) is 9.63. The maximum absolute atomic E-state index is 13.8. The third-order valence-electron chi connectivity index (χ3n) is 12.2. The highest BCUT2D eigenvalue weighted by Crippen LogP contribution is 2.71. The van der Waals surface area contributed by atoms with E-state index in [1.54, 1.807) is 0 Å². The lowest BCUT2D eigenvalue weighted by Crippen LogP contribution is -2.58. The molecule has 1 amide bonds. The topological polar surface area (TPSA) is 63.7 Å². The monoisotopic (exact) mass is 550 g/mol. The third kappa shape index (κ3) is 3.82. The maximum atomic E-state index is 13.8. The lowest BCUT2D eigenvalue weighted by atomic mass is 9.64. The fraction of sp³-hybridized carbons (Fsp3) is 0.727. The number of ketones is 2. The van der Waals surface area contributed by atoms with Crippen LogP contribution in [0.2, 0.25) is 0 Å². The quantitative estimate of drug-likeness (QED) is 0.416. The number of Topliss-reactive ketones (excluding diaryl/α,β-unsaturated/α-hetero) is 2. The summed E-state index contributed by atoms with van der Waals surface area (Å²) in [5.41, 5.74) is 0.872. The summed E-state index contributed by atoms with van der Waals surface area (Å²) in [6.45, 7) is 5.73. The van der Waals surface area contributed by atoms with Gasteiger partial charge in [-0.1, -0.05) is 44.2 Å². The van der Waals surface area contributed by atoms with Crippen LogP contribution in [0, 0.1) is 28.6 Å². The van der Waals surface area contributed by atoms with E-state index in [1.807, 2.05) is 35.2 Å². The normalized spacial score (nSPS) is 42.5. The number of hydrogen-bond acceptors (Lipinski definition) is 4. The Balaban J connectivity index is 1.18. The van der Waals surface area contributed by atoms with Crippen LogP contribution < -0.4 is 0 Å². The number of amides is 1. The predicted octanol–water partition coefficient (Wildman–Crippen LogP) is 6.09. The first-order chi connectivity index (χ1) is 18.8. The van der Waals surface area contributed by atoms with E-state index in [1.165, 1.54) is 25.7 Å². The number of carbonyl (C=O) groups is 3. The second-order valence-corrected chi connectivity index (χ2v) is 16.5. The molecule has 0 aromatic heterocycles. The largest absolute Gasteiger partial charge is 0.445 e. The summed E-state index contributed by atoms with van der Waals surface area (Å²) in [6.07, 6.45) is 11.1. The molecule has 0 radical (unpaired) electrons. The molecule has 9 atom stereocenters. The zero-order valence-electron chi connectivity index (χ0n) is 23.6. The van der Waals surface area contributed by atoms with Crippen LogP contribution in [0.4, 0.5) is 4.79 Å². The van der Waals surface area contributed by atoms with Crippen molar-refractivity contribution >= 4 is 28.6 Å². The van der Waals surface area contributed by atoms with Gasteiger partial charge in [0.05, 0.1) is 11.3 Å². The molecular weight excluding hydrogens is 506 g/mol.